The topological polar surface area (TPSA) is 35.5 Å². The molecule has 1 rings (SSSR count). The summed E-state index contributed by atoms with van der Waals surface area (Å²) in [6, 6.07) is 4.10. The molecule has 0 atom stereocenters. The van der Waals surface area contributed by atoms with E-state index in [1.165, 1.54) is 18.2 Å². The van der Waals surface area contributed by atoms with Crippen molar-refractivity contribution in [2.75, 3.05) is 13.2 Å². The van der Waals surface area contributed by atoms with Crippen molar-refractivity contribution in [1.82, 2.24) is 0 Å². The van der Waals surface area contributed by atoms with Crippen LogP contribution in [0.4, 0.5) is 4.39 Å². The Morgan fingerprint density at radius 3 is 2.80 bits per heavy atom. The quantitative estimate of drug-likeness (QED) is 0.566. The van der Waals surface area contributed by atoms with Crippen LogP contribution in [0.2, 0.25) is 0 Å². The summed E-state index contributed by atoms with van der Waals surface area (Å²) in [6.45, 7) is 7.89. The highest BCUT2D eigenvalue weighted by Crippen LogP contribution is 2.21. The molecule has 0 aromatic heterocycles. The standard InChI is InChI=1S/C16H19FO3/c1-4-12(5-2)11-20-15-8-7-14(17)9-13(15)10-16(18)19-6-3/h4-5,7-9H,1,6,10-11H2,2-3H3/b12-5+. The first-order valence-corrected chi connectivity index (χ1v) is 6.45. The molecule has 108 valence electrons. The molecule has 3 nitrogen and oxygen atoms in total. The van der Waals surface area contributed by atoms with Crippen LogP contribution in [0.3, 0.4) is 0 Å². The minimum absolute atomic E-state index is 0.0137. The van der Waals surface area contributed by atoms with Gasteiger partial charge in [0.1, 0.15) is 18.2 Å². The van der Waals surface area contributed by atoms with Crippen LogP contribution in [0.1, 0.15) is 19.4 Å². The minimum atomic E-state index is -0.411. The Hall–Kier alpha value is -2.10. The Kier molecular flexibility index (Phi) is 6.50. The van der Waals surface area contributed by atoms with Crippen molar-refractivity contribution in [2.24, 2.45) is 0 Å². The van der Waals surface area contributed by atoms with Crippen molar-refractivity contribution < 1.29 is 18.7 Å². The number of ether oxygens (including phenoxy) is 2. The molecular weight excluding hydrogens is 259 g/mol. The molecule has 0 bridgehead atoms. The summed E-state index contributed by atoms with van der Waals surface area (Å²) in [5, 5.41) is 0. The number of hydrogen-bond acceptors (Lipinski definition) is 3. The van der Waals surface area contributed by atoms with Gasteiger partial charge >= 0.3 is 5.97 Å². The summed E-state index contributed by atoms with van der Waals surface area (Å²) < 4.78 is 23.7. The first kappa shape index (κ1) is 16.0. The van der Waals surface area contributed by atoms with Crippen molar-refractivity contribution in [1.29, 1.82) is 0 Å². The first-order valence-electron chi connectivity index (χ1n) is 6.45. The summed E-state index contributed by atoms with van der Waals surface area (Å²) in [5.74, 6) is -0.342. The zero-order chi connectivity index (χ0) is 15.0. The predicted molar refractivity (Wildman–Crippen MR) is 76.2 cm³/mol. The molecule has 0 unspecified atom stereocenters. The molecule has 0 aliphatic carbocycles. The molecule has 4 heteroatoms. The van der Waals surface area contributed by atoms with Crippen LogP contribution in [-0.2, 0) is 16.0 Å². The highest BCUT2D eigenvalue weighted by Gasteiger charge is 2.11. The molecule has 0 saturated carbocycles. The van der Waals surface area contributed by atoms with E-state index >= 15 is 0 Å². The highest BCUT2D eigenvalue weighted by molar-refractivity contribution is 5.73. The van der Waals surface area contributed by atoms with Gasteiger partial charge in [-0.1, -0.05) is 18.7 Å². The Labute approximate surface area is 118 Å². The van der Waals surface area contributed by atoms with Crippen LogP contribution >= 0.6 is 0 Å². The van der Waals surface area contributed by atoms with E-state index in [2.05, 4.69) is 6.58 Å². The Bertz CT molecular complexity index is 506. The summed E-state index contributed by atoms with van der Waals surface area (Å²) in [4.78, 5) is 11.5. The predicted octanol–water partition coefficient (Wildman–Crippen LogP) is 3.44. The molecule has 20 heavy (non-hydrogen) atoms. The van der Waals surface area contributed by atoms with E-state index in [9.17, 15) is 9.18 Å². The summed E-state index contributed by atoms with van der Waals surface area (Å²) in [6.07, 6.45) is 3.55. The molecule has 1 aromatic rings. The van der Waals surface area contributed by atoms with Gasteiger partial charge in [-0.3, -0.25) is 4.79 Å². The van der Waals surface area contributed by atoms with Crippen LogP contribution in [0.25, 0.3) is 0 Å². The van der Waals surface area contributed by atoms with E-state index in [0.717, 1.165) is 5.57 Å². The average molecular weight is 278 g/mol. The van der Waals surface area contributed by atoms with Gasteiger partial charge < -0.3 is 9.47 Å². The van der Waals surface area contributed by atoms with Crippen LogP contribution in [-0.4, -0.2) is 19.2 Å². The van der Waals surface area contributed by atoms with E-state index < -0.39 is 11.8 Å². The molecule has 0 amide bonds. The largest absolute Gasteiger partial charge is 0.489 e. The average Bonchev–Trinajstić information content (AvgIpc) is 2.42. The molecular formula is C16H19FO3. The number of allylic oxidation sites excluding steroid dienone is 1. The molecule has 1 aromatic carbocycles. The summed E-state index contributed by atoms with van der Waals surface area (Å²) >= 11 is 0. The van der Waals surface area contributed by atoms with E-state index in [4.69, 9.17) is 9.47 Å². The van der Waals surface area contributed by atoms with E-state index in [-0.39, 0.29) is 6.42 Å². The van der Waals surface area contributed by atoms with Crippen LogP contribution < -0.4 is 4.74 Å². The van der Waals surface area contributed by atoms with Gasteiger partial charge in [0.05, 0.1) is 13.0 Å². The maximum atomic E-state index is 13.3. The molecule has 0 spiro atoms. The van der Waals surface area contributed by atoms with Crippen LogP contribution in [0.15, 0.2) is 42.5 Å². The Balaban J connectivity index is 2.84. The lowest BCUT2D eigenvalue weighted by molar-refractivity contribution is -0.142. The van der Waals surface area contributed by atoms with E-state index in [1.54, 1.807) is 13.0 Å². The van der Waals surface area contributed by atoms with Gasteiger partial charge in [0, 0.05) is 5.56 Å². The molecule has 0 aliphatic heterocycles. The zero-order valence-electron chi connectivity index (χ0n) is 11.8. The third-order valence-corrected chi connectivity index (χ3v) is 2.69. The number of halogens is 1. The van der Waals surface area contributed by atoms with Gasteiger partial charge in [-0.25, -0.2) is 4.39 Å². The van der Waals surface area contributed by atoms with Gasteiger partial charge in [-0.05, 0) is 37.6 Å². The second-order valence-electron chi connectivity index (χ2n) is 4.09. The summed E-state index contributed by atoms with van der Waals surface area (Å²) in [5.41, 5.74) is 1.39. The smallest absolute Gasteiger partial charge is 0.310 e. The lowest BCUT2D eigenvalue weighted by Crippen LogP contribution is -2.10. The maximum Gasteiger partial charge on any atom is 0.310 e. The van der Waals surface area contributed by atoms with Crippen molar-refractivity contribution in [2.45, 2.75) is 20.3 Å². The summed E-state index contributed by atoms with van der Waals surface area (Å²) in [7, 11) is 0. The number of rotatable bonds is 7. The number of benzene rings is 1. The number of esters is 1. The molecule has 0 N–H and O–H groups in total. The number of hydrogen-bond donors (Lipinski definition) is 0. The van der Waals surface area contributed by atoms with Crippen molar-refractivity contribution >= 4 is 5.97 Å². The van der Waals surface area contributed by atoms with E-state index in [1.807, 2.05) is 13.0 Å². The van der Waals surface area contributed by atoms with Crippen molar-refractivity contribution in [3.8, 4) is 5.75 Å². The molecule has 0 heterocycles. The lowest BCUT2D eigenvalue weighted by Gasteiger charge is -2.12. The van der Waals surface area contributed by atoms with E-state index in [0.29, 0.717) is 24.5 Å². The third-order valence-electron chi connectivity index (χ3n) is 2.69. The third kappa shape index (κ3) is 4.88. The van der Waals surface area contributed by atoms with Gasteiger partial charge in [-0.15, -0.1) is 0 Å². The first-order chi connectivity index (χ1) is 9.60. The van der Waals surface area contributed by atoms with Crippen molar-refractivity contribution in [3.05, 3.63) is 53.9 Å². The molecule has 0 aliphatic rings. The number of carbonyl (C=O) groups is 1. The highest BCUT2D eigenvalue weighted by atomic mass is 19.1. The monoisotopic (exact) mass is 278 g/mol. The Morgan fingerprint density at radius 2 is 2.20 bits per heavy atom. The Morgan fingerprint density at radius 1 is 1.45 bits per heavy atom. The molecule has 0 fully saturated rings. The van der Waals surface area contributed by atoms with Gasteiger partial charge in [0.15, 0.2) is 0 Å². The second kappa shape index (κ2) is 8.15. The fourth-order valence-electron chi connectivity index (χ4n) is 1.62. The fourth-order valence-corrected chi connectivity index (χ4v) is 1.62. The van der Waals surface area contributed by atoms with Crippen molar-refractivity contribution in [3.63, 3.8) is 0 Å². The zero-order valence-corrected chi connectivity index (χ0v) is 11.8. The minimum Gasteiger partial charge on any atom is -0.489 e. The number of carbonyl (C=O) groups excluding carboxylic acids is 1. The molecule has 0 radical (unpaired) electrons. The maximum absolute atomic E-state index is 13.3. The second-order valence-corrected chi connectivity index (χ2v) is 4.09. The van der Waals surface area contributed by atoms with Gasteiger partial charge in [-0.2, -0.15) is 0 Å². The SMILES string of the molecule is C=C/C(=C\C)COc1ccc(F)cc1CC(=O)OCC. The lowest BCUT2D eigenvalue weighted by atomic mass is 10.1. The van der Waals surface area contributed by atoms with Crippen LogP contribution in [0.5, 0.6) is 5.75 Å². The fraction of sp³-hybridized carbons (Fsp3) is 0.312. The molecule has 0 saturated heterocycles. The normalized spacial score (nSPS) is 11.1. The van der Waals surface area contributed by atoms with Gasteiger partial charge in [0.2, 0.25) is 0 Å². The van der Waals surface area contributed by atoms with Gasteiger partial charge in [0.25, 0.3) is 0 Å². The van der Waals surface area contributed by atoms with Crippen LogP contribution in [0, 0.1) is 5.82 Å².